The van der Waals surface area contributed by atoms with E-state index in [2.05, 4.69) is 13.8 Å². The maximum Gasteiger partial charge on any atom is 0.0543 e. The number of hydrogen-bond acceptors (Lipinski definition) is 1. The van der Waals surface area contributed by atoms with Crippen LogP contribution >= 0.6 is 0 Å². The quantitative estimate of drug-likeness (QED) is 0.671. The maximum absolute atomic E-state index is 9.55. The molecule has 2 saturated carbocycles. The first-order chi connectivity index (χ1) is 5.58. The molecule has 0 aromatic rings. The van der Waals surface area contributed by atoms with Crippen LogP contribution in [0.3, 0.4) is 0 Å². The van der Waals surface area contributed by atoms with E-state index in [4.69, 9.17) is 0 Å². The van der Waals surface area contributed by atoms with Crippen molar-refractivity contribution in [3.8, 4) is 0 Å². The van der Waals surface area contributed by atoms with Crippen LogP contribution in [0.15, 0.2) is 0 Å². The molecule has 1 N–H and O–H groups in total. The van der Waals surface area contributed by atoms with Crippen LogP contribution in [-0.4, -0.2) is 11.2 Å². The van der Waals surface area contributed by atoms with Crippen molar-refractivity contribution < 1.29 is 5.11 Å². The lowest BCUT2D eigenvalue weighted by molar-refractivity contribution is 0.115. The molecule has 2 aliphatic carbocycles. The minimum absolute atomic E-state index is 0.0712. The molecule has 70 valence electrons. The Bertz CT molecular complexity index is 185. The molecule has 2 rings (SSSR count). The predicted octanol–water partition coefficient (Wildman–Crippen LogP) is 2.44. The zero-order valence-corrected chi connectivity index (χ0v) is 8.38. The van der Waals surface area contributed by atoms with Crippen LogP contribution in [0, 0.1) is 23.2 Å². The van der Waals surface area contributed by atoms with E-state index in [9.17, 15) is 5.11 Å². The summed E-state index contributed by atoms with van der Waals surface area (Å²) in [6.45, 7) is 6.63. The summed E-state index contributed by atoms with van der Waals surface area (Å²) in [5, 5.41) is 9.55. The van der Waals surface area contributed by atoms with E-state index in [0.717, 1.165) is 11.8 Å². The third-order valence-corrected chi connectivity index (χ3v) is 4.41. The van der Waals surface area contributed by atoms with Gasteiger partial charge in [-0.05, 0) is 49.4 Å². The Hall–Kier alpha value is -0.0400. The van der Waals surface area contributed by atoms with Crippen molar-refractivity contribution in [2.45, 2.75) is 46.1 Å². The summed E-state index contributed by atoms with van der Waals surface area (Å²) in [7, 11) is 0. The van der Waals surface area contributed by atoms with Gasteiger partial charge < -0.3 is 5.11 Å². The normalized spacial score (nSPS) is 47.8. The fourth-order valence-electron chi connectivity index (χ4n) is 3.38. The summed E-state index contributed by atoms with van der Waals surface area (Å²) >= 11 is 0. The lowest BCUT2D eigenvalue weighted by atomic mass is 9.90. The third kappa shape index (κ3) is 0.953. The second-order valence-electron chi connectivity index (χ2n) is 5.14. The molecule has 0 aromatic heterocycles. The SMILES string of the molecule is CC(O)C1CCC2(C(C)C)CC12. The summed E-state index contributed by atoms with van der Waals surface area (Å²) in [4.78, 5) is 0. The molecule has 0 radical (unpaired) electrons. The third-order valence-electron chi connectivity index (χ3n) is 4.41. The molecule has 2 aliphatic rings. The Morgan fingerprint density at radius 2 is 2.00 bits per heavy atom. The van der Waals surface area contributed by atoms with E-state index in [0.29, 0.717) is 11.3 Å². The zero-order valence-electron chi connectivity index (χ0n) is 8.38. The molecular formula is C11H20O. The van der Waals surface area contributed by atoms with E-state index in [1.54, 1.807) is 0 Å². The lowest BCUT2D eigenvalue weighted by Gasteiger charge is -2.15. The van der Waals surface area contributed by atoms with Gasteiger partial charge in [0.1, 0.15) is 0 Å². The van der Waals surface area contributed by atoms with Crippen molar-refractivity contribution in [1.82, 2.24) is 0 Å². The summed E-state index contributed by atoms with van der Waals surface area (Å²) < 4.78 is 0. The lowest BCUT2D eigenvalue weighted by Crippen LogP contribution is -2.16. The van der Waals surface area contributed by atoms with E-state index < -0.39 is 0 Å². The van der Waals surface area contributed by atoms with Gasteiger partial charge in [0.25, 0.3) is 0 Å². The molecule has 12 heavy (non-hydrogen) atoms. The largest absolute Gasteiger partial charge is 0.393 e. The summed E-state index contributed by atoms with van der Waals surface area (Å²) in [6, 6.07) is 0. The predicted molar refractivity (Wildman–Crippen MR) is 49.8 cm³/mol. The number of rotatable bonds is 2. The minimum atomic E-state index is -0.0712. The maximum atomic E-state index is 9.55. The van der Waals surface area contributed by atoms with Crippen LogP contribution in [0.1, 0.15) is 40.0 Å². The summed E-state index contributed by atoms with van der Waals surface area (Å²) in [5.74, 6) is 2.30. The smallest absolute Gasteiger partial charge is 0.0543 e. The standard InChI is InChI=1S/C11H20O/c1-7(2)11-5-4-9(8(3)12)10(11)6-11/h7-10,12H,4-6H2,1-3H3. The summed E-state index contributed by atoms with van der Waals surface area (Å²) in [5.41, 5.74) is 0.654. The fraction of sp³-hybridized carbons (Fsp3) is 1.00. The minimum Gasteiger partial charge on any atom is -0.393 e. The van der Waals surface area contributed by atoms with E-state index in [1.807, 2.05) is 6.92 Å². The fourth-order valence-corrected chi connectivity index (χ4v) is 3.38. The molecule has 4 unspecified atom stereocenters. The van der Waals surface area contributed by atoms with Crippen LogP contribution in [0.5, 0.6) is 0 Å². The molecular weight excluding hydrogens is 148 g/mol. The topological polar surface area (TPSA) is 20.2 Å². The van der Waals surface area contributed by atoms with Gasteiger partial charge in [-0.2, -0.15) is 0 Å². The van der Waals surface area contributed by atoms with Crippen molar-refractivity contribution in [2.75, 3.05) is 0 Å². The average molecular weight is 168 g/mol. The highest BCUT2D eigenvalue weighted by molar-refractivity contribution is 5.12. The molecule has 1 nitrogen and oxygen atoms in total. The van der Waals surface area contributed by atoms with Crippen molar-refractivity contribution in [1.29, 1.82) is 0 Å². The Balaban J connectivity index is 2.05. The first kappa shape index (κ1) is 8.55. The highest BCUT2D eigenvalue weighted by Crippen LogP contribution is 2.70. The van der Waals surface area contributed by atoms with Crippen LogP contribution in [0.25, 0.3) is 0 Å². The van der Waals surface area contributed by atoms with Crippen LogP contribution < -0.4 is 0 Å². The molecule has 0 aliphatic heterocycles. The Kier molecular flexibility index (Phi) is 1.76. The Labute approximate surface area is 75.2 Å². The van der Waals surface area contributed by atoms with Crippen LogP contribution in [-0.2, 0) is 0 Å². The second-order valence-corrected chi connectivity index (χ2v) is 5.14. The number of aliphatic hydroxyl groups is 1. The van der Waals surface area contributed by atoms with Crippen molar-refractivity contribution in [3.63, 3.8) is 0 Å². The molecule has 2 fully saturated rings. The van der Waals surface area contributed by atoms with Crippen molar-refractivity contribution in [3.05, 3.63) is 0 Å². The van der Waals surface area contributed by atoms with E-state index in [-0.39, 0.29) is 6.10 Å². The van der Waals surface area contributed by atoms with E-state index >= 15 is 0 Å². The summed E-state index contributed by atoms with van der Waals surface area (Å²) in [6.07, 6.45) is 3.95. The molecule has 0 bridgehead atoms. The Morgan fingerprint density at radius 3 is 2.25 bits per heavy atom. The molecule has 0 saturated heterocycles. The zero-order chi connectivity index (χ0) is 8.93. The van der Waals surface area contributed by atoms with Gasteiger partial charge in [0.05, 0.1) is 6.10 Å². The van der Waals surface area contributed by atoms with Crippen molar-refractivity contribution in [2.24, 2.45) is 23.2 Å². The first-order valence-electron chi connectivity index (χ1n) is 5.26. The monoisotopic (exact) mass is 168 g/mol. The molecule has 1 heteroatoms. The Morgan fingerprint density at radius 1 is 1.33 bits per heavy atom. The van der Waals surface area contributed by atoms with Gasteiger partial charge in [0, 0.05) is 0 Å². The highest BCUT2D eigenvalue weighted by Gasteiger charge is 2.63. The highest BCUT2D eigenvalue weighted by atomic mass is 16.3. The first-order valence-corrected chi connectivity index (χ1v) is 5.26. The number of aliphatic hydroxyl groups excluding tert-OH is 1. The molecule has 0 aromatic carbocycles. The van der Waals surface area contributed by atoms with Gasteiger partial charge in [-0.3, -0.25) is 0 Å². The molecule has 0 amide bonds. The van der Waals surface area contributed by atoms with Gasteiger partial charge in [-0.1, -0.05) is 13.8 Å². The molecule has 0 spiro atoms. The van der Waals surface area contributed by atoms with Gasteiger partial charge in [0.2, 0.25) is 0 Å². The van der Waals surface area contributed by atoms with Gasteiger partial charge >= 0.3 is 0 Å². The number of hydrogen-bond donors (Lipinski definition) is 1. The van der Waals surface area contributed by atoms with Gasteiger partial charge in [-0.15, -0.1) is 0 Å². The van der Waals surface area contributed by atoms with Crippen LogP contribution in [0.2, 0.25) is 0 Å². The van der Waals surface area contributed by atoms with Crippen molar-refractivity contribution >= 4 is 0 Å². The second kappa shape index (κ2) is 2.47. The number of fused-ring (bicyclic) bond motifs is 1. The van der Waals surface area contributed by atoms with E-state index in [1.165, 1.54) is 19.3 Å². The van der Waals surface area contributed by atoms with Gasteiger partial charge in [0.15, 0.2) is 0 Å². The molecule has 4 atom stereocenters. The van der Waals surface area contributed by atoms with Crippen LogP contribution in [0.4, 0.5) is 0 Å². The van der Waals surface area contributed by atoms with Gasteiger partial charge in [-0.25, -0.2) is 0 Å². The average Bonchev–Trinajstić information content (AvgIpc) is 2.58. The molecule has 0 heterocycles.